The molecule has 1 aromatic carbocycles. The Balaban J connectivity index is 1.85. The first-order valence-corrected chi connectivity index (χ1v) is 7.85. The minimum Gasteiger partial charge on any atom is -0.361 e. The van der Waals surface area contributed by atoms with Gasteiger partial charge in [-0.3, -0.25) is 0 Å². The van der Waals surface area contributed by atoms with Gasteiger partial charge < -0.3 is 9.84 Å². The molecule has 3 nitrogen and oxygen atoms in total. The van der Waals surface area contributed by atoms with E-state index in [2.05, 4.69) is 48.6 Å². The molecule has 2 aromatic rings. The fourth-order valence-corrected chi connectivity index (χ4v) is 3.67. The maximum absolute atomic E-state index is 5.30. The van der Waals surface area contributed by atoms with Crippen molar-refractivity contribution in [3.8, 4) is 0 Å². The van der Waals surface area contributed by atoms with Crippen molar-refractivity contribution >= 4 is 0 Å². The van der Waals surface area contributed by atoms with Crippen LogP contribution in [0.3, 0.4) is 0 Å². The smallest absolute Gasteiger partial charge is 0.138 e. The number of hydrogen-bond donors (Lipinski definition) is 1. The van der Waals surface area contributed by atoms with Crippen LogP contribution in [0.15, 0.2) is 28.8 Å². The standard InChI is InChI=1S/C18H24N2O/c1-11-9-10-17(16-8-6-5-7-15(11)16)19-12(2)18-13(3)20-21-14(18)4/h5-8,11-12,17,19H,9-10H2,1-4H3. The highest BCUT2D eigenvalue weighted by Gasteiger charge is 2.27. The molecule has 112 valence electrons. The summed E-state index contributed by atoms with van der Waals surface area (Å²) in [6.45, 7) is 8.53. The lowest BCUT2D eigenvalue weighted by molar-refractivity contribution is 0.380. The van der Waals surface area contributed by atoms with E-state index in [0.29, 0.717) is 12.0 Å². The van der Waals surface area contributed by atoms with Gasteiger partial charge in [0.05, 0.1) is 5.69 Å². The lowest BCUT2D eigenvalue weighted by Gasteiger charge is -2.32. The van der Waals surface area contributed by atoms with Crippen LogP contribution in [0.4, 0.5) is 0 Å². The van der Waals surface area contributed by atoms with Gasteiger partial charge in [-0.25, -0.2) is 0 Å². The molecular weight excluding hydrogens is 260 g/mol. The SMILES string of the molecule is Cc1noc(C)c1C(C)NC1CCC(C)c2ccccc21. The quantitative estimate of drug-likeness (QED) is 0.896. The van der Waals surface area contributed by atoms with E-state index in [1.54, 1.807) is 0 Å². The average molecular weight is 284 g/mol. The zero-order chi connectivity index (χ0) is 15.0. The van der Waals surface area contributed by atoms with Crippen LogP contribution >= 0.6 is 0 Å². The van der Waals surface area contributed by atoms with Crippen molar-refractivity contribution in [1.29, 1.82) is 0 Å². The van der Waals surface area contributed by atoms with E-state index in [9.17, 15) is 0 Å². The normalized spacial score (nSPS) is 22.9. The van der Waals surface area contributed by atoms with Crippen molar-refractivity contribution in [1.82, 2.24) is 10.5 Å². The Hall–Kier alpha value is -1.61. The largest absolute Gasteiger partial charge is 0.361 e. The van der Waals surface area contributed by atoms with E-state index >= 15 is 0 Å². The molecule has 3 atom stereocenters. The molecule has 3 heteroatoms. The average Bonchev–Trinajstić information content (AvgIpc) is 2.81. The number of nitrogens with one attached hydrogen (secondary N) is 1. The molecule has 1 aliphatic carbocycles. The summed E-state index contributed by atoms with van der Waals surface area (Å²) in [5.41, 5.74) is 5.14. The molecule has 21 heavy (non-hydrogen) atoms. The van der Waals surface area contributed by atoms with Crippen molar-refractivity contribution in [2.45, 2.75) is 58.5 Å². The first kappa shape index (κ1) is 14.3. The highest BCUT2D eigenvalue weighted by atomic mass is 16.5. The van der Waals surface area contributed by atoms with Crippen LogP contribution in [0.5, 0.6) is 0 Å². The van der Waals surface area contributed by atoms with Gasteiger partial charge in [0.1, 0.15) is 5.76 Å². The van der Waals surface area contributed by atoms with Gasteiger partial charge in [0.25, 0.3) is 0 Å². The molecule has 1 N–H and O–H groups in total. The molecule has 3 rings (SSSR count). The molecule has 1 heterocycles. The van der Waals surface area contributed by atoms with Gasteiger partial charge in [-0.2, -0.15) is 0 Å². The van der Waals surface area contributed by atoms with Crippen LogP contribution in [0, 0.1) is 13.8 Å². The van der Waals surface area contributed by atoms with Gasteiger partial charge in [-0.15, -0.1) is 0 Å². The van der Waals surface area contributed by atoms with Crippen molar-refractivity contribution in [2.24, 2.45) is 0 Å². The number of hydrogen-bond acceptors (Lipinski definition) is 3. The van der Waals surface area contributed by atoms with E-state index in [0.717, 1.165) is 11.5 Å². The van der Waals surface area contributed by atoms with Gasteiger partial charge in [-0.05, 0) is 50.7 Å². The fourth-order valence-electron chi connectivity index (χ4n) is 3.67. The second kappa shape index (κ2) is 5.64. The zero-order valence-electron chi connectivity index (χ0n) is 13.3. The van der Waals surface area contributed by atoms with Crippen LogP contribution in [0.25, 0.3) is 0 Å². The highest BCUT2D eigenvalue weighted by molar-refractivity contribution is 5.35. The Kier molecular flexibility index (Phi) is 3.85. The lowest BCUT2D eigenvalue weighted by atomic mass is 9.80. The highest BCUT2D eigenvalue weighted by Crippen LogP contribution is 2.38. The molecule has 0 spiro atoms. The summed E-state index contributed by atoms with van der Waals surface area (Å²) >= 11 is 0. The fraction of sp³-hybridized carbons (Fsp3) is 0.500. The Morgan fingerprint density at radius 3 is 2.57 bits per heavy atom. The van der Waals surface area contributed by atoms with E-state index in [1.165, 1.54) is 29.5 Å². The molecule has 0 radical (unpaired) electrons. The lowest BCUT2D eigenvalue weighted by Crippen LogP contribution is -2.29. The van der Waals surface area contributed by atoms with Crippen molar-refractivity contribution in [3.05, 3.63) is 52.4 Å². The van der Waals surface area contributed by atoms with Gasteiger partial charge in [0.15, 0.2) is 0 Å². The number of fused-ring (bicyclic) bond motifs is 1. The van der Waals surface area contributed by atoms with E-state index in [1.807, 2.05) is 13.8 Å². The third-order valence-electron chi connectivity index (χ3n) is 4.76. The predicted octanol–water partition coefficient (Wildman–Crippen LogP) is 4.58. The molecule has 1 aliphatic rings. The molecule has 3 unspecified atom stereocenters. The Morgan fingerprint density at radius 2 is 1.90 bits per heavy atom. The van der Waals surface area contributed by atoms with Crippen molar-refractivity contribution in [2.75, 3.05) is 0 Å². The van der Waals surface area contributed by atoms with Gasteiger partial charge >= 0.3 is 0 Å². The molecule has 0 saturated heterocycles. The summed E-state index contributed by atoms with van der Waals surface area (Å²) < 4.78 is 5.30. The van der Waals surface area contributed by atoms with Crippen molar-refractivity contribution < 1.29 is 4.52 Å². The molecular formula is C18H24N2O. The van der Waals surface area contributed by atoms with Gasteiger partial charge in [0, 0.05) is 17.6 Å². The van der Waals surface area contributed by atoms with E-state index < -0.39 is 0 Å². The number of nitrogens with zero attached hydrogens (tertiary/aromatic N) is 1. The monoisotopic (exact) mass is 284 g/mol. The predicted molar refractivity (Wildman–Crippen MR) is 84.4 cm³/mol. The maximum atomic E-state index is 5.30. The molecule has 0 aliphatic heterocycles. The minimum absolute atomic E-state index is 0.253. The molecule has 0 amide bonds. The van der Waals surface area contributed by atoms with Gasteiger partial charge in [-0.1, -0.05) is 36.3 Å². The number of rotatable bonds is 3. The minimum atomic E-state index is 0.253. The molecule has 0 bridgehead atoms. The molecule has 0 saturated carbocycles. The van der Waals surface area contributed by atoms with E-state index in [-0.39, 0.29) is 6.04 Å². The van der Waals surface area contributed by atoms with Crippen LogP contribution in [0.1, 0.15) is 72.8 Å². The molecule has 1 aromatic heterocycles. The summed E-state index contributed by atoms with van der Waals surface area (Å²) in [6.07, 6.45) is 2.43. The summed E-state index contributed by atoms with van der Waals surface area (Å²) in [6, 6.07) is 9.50. The van der Waals surface area contributed by atoms with Crippen LogP contribution in [-0.2, 0) is 0 Å². The Bertz CT molecular complexity index is 612. The topological polar surface area (TPSA) is 38.1 Å². The first-order valence-electron chi connectivity index (χ1n) is 7.85. The third-order valence-corrected chi connectivity index (χ3v) is 4.76. The second-order valence-electron chi connectivity index (χ2n) is 6.29. The summed E-state index contributed by atoms with van der Waals surface area (Å²) in [4.78, 5) is 0. The maximum Gasteiger partial charge on any atom is 0.138 e. The first-order chi connectivity index (χ1) is 10.1. The number of aromatic nitrogens is 1. The summed E-state index contributed by atoms with van der Waals surface area (Å²) in [5, 5.41) is 7.85. The van der Waals surface area contributed by atoms with Crippen LogP contribution < -0.4 is 5.32 Å². The Labute approximate surface area is 126 Å². The van der Waals surface area contributed by atoms with Crippen LogP contribution in [0.2, 0.25) is 0 Å². The van der Waals surface area contributed by atoms with Gasteiger partial charge in [0.2, 0.25) is 0 Å². The van der Waals surface area contributed by atoms with Crippen molar-refractivity contribution in [3.63, 3.8) is 0 Å². The third kappa shape index (κ3) is 2.62. The zero-order valence-corrected chi connectivity index (χ0v) is 13.3. The number of benzene rings is 1. The van der Waals surface area contributed by atoms with Crippen LogP contribution in [-0.4, -0.2) is 5.16 Å². The summed E-state index contributed by atoms with van der Waals surface area (Å²) in [7, 11) is 0. The number of aryl methyl sites for hydroxylation is 2. The second-order valence-corrected chi connectivity index (χ2v) is 6.29. The van der Waals surface area contributed by atoms with E-state index in [4.69, 9.17) is 4.52 Å². The Morgan fingerprint density at radius 1 is 1.19 bits per heavy atom. The molecule has 0 fully saturated rings. The summed E-state index contributed by atoms with van der Waals surface area (Å²) in [5.74, 6) is 1.58.